The molecule has 0 heterocycles. The maximum atomic E-state index is 11.8. The molecule has 0 rings (SSSR count). The number of esters is 1. The van der Waals surface area contributed by atoms with Gasteiger partial charge in [-0.3, -0.25) is 13.8 Å². The Morgan fingerprint density at radius 3 is 1.38 bits per heavy atom. The SMILES string of the molecule is CC/C=C\C/C=C\C/C=C\C/C=C\CCCCCCCCCCCCCCCCCCCCCCCCC(=O)OCC(O)COP(=O)(O)OCCN. The van der Waals surface area contributed by atoms with Gasteiger partial charge in [0.25, 0.3) is 0 Å². The molecule has 2 atom stereocenters. The molecule has 2 unspecified atom stereocenters. The summed E-state index contributed by atoms with van der Waals surface area (Å²) in [6.07, 6.45) is 51.6. The predicted molar refractivity (Wildman–Crippen MR) is 219 cm³/mol. The summed E-state index contributed by atoms with van der Waals surface area (Å²) in [7, 11) is -4.25. The molecule has 0 fully saturated rings. The first-order valence-electron chi connectivity index (χ1n) is 21.2. The van der Waals surface area contributed by atoms with Crippen molar-refractivity contribution >= 4 is 13.8 Å². The fourth-order valence-corrected chi connectivity index (χ4v) is 6.63. The third-order valence-corrected chi connectivity index (χ3v) is 9.94. The van der Waals surface area contributed by atoms with Gasteiger partial charge in [-0.25, -0.2) is 4.57 Å². The van der Waals surface area contributed by atoms with Crippen LogP contribution in [0.25, 0.3) is 0 Å². The zero-order chi connectivity index (χ0) is 38.1. The quantitative estimate of drug-likeness (QED) is 0.0244. The number of phosphoric acid groups is 1. The lowest BCUT2D eigenvalue weighted by molar-refractivity contribution is -0.147. The van der Waals surface area contributed by atoms with Crippen LogP contribution >= 0.6 is 7.82 Å². The maximum Gasteiger partial charge on any atom is 0.472 e. The Kier molecular flexibility index (Phi) is 39.4. The Hall–Kier alpha value is -1.54. The summed E-state index contributed by atoms with van der Waals surface area (Å²) >= 11 is 0. The number of rotatable bonds is 40. The molecule has 0 aliphatic carbocycles. The predicted octanol–water partition coefficient (Wildman–Crippen LogP) is 12.2. The number of aliphatic hydroxyl groups is 1. The van der Waals surface area contributed by atoms with Gasteiger partial charge in [0, 0.05) is 13.0 Å². The van der Waals surface area contributed by atoms with Gasteiger partial charge in [-0.15, -0.1) is 0 Å². The van der Waals surface area contributed by atoms with Crippen LogP contribution in [0.2, 0.25) is 0 Å². The summed E-state index contributed by atoms with van der Waals surface area (Å²) in [6, 6.07) is 0. The first kappa shape index (κ1) is 50.5. The van der Waals surface area contributed by atoms with Gasteiger partial charge < -0.3 is 20.5 Å². The summed E-state index contributed by atoms with van der Waals surface area (Å²) in [5.74, 6) is -0.382. The molecule has 0 aliphatic heterocycles. The van der Waals surface area contributed by atoms with E-state index < -0.39 is 20.5 Å². The molecular weight excluding hydrogens is 673 g/mol. The third kappa shape index (κ3) is 41.2. The number of allylic oxidation sites excluding steroid dienone is 8. The minimum atomic E-state index is -4.25. The number of phosphoric ester groups is 1. The number of hydrogen-bond acceptors (Lipinski definition) is 7. The second-order valence-electron chi connectivity index (χ2n) is 14.0. The summed E-state index contributed by atoms with van der Waals surface area (Å²) in [5.41, 5.74) is 5.20. The van der Waals surface area contributed by atoms with E-state index in [-0.39, 0.29) is 25.7 Å². The molecule has 0 spiro atoms. The highest BCUT2D eigenvalue weighted by atomic mass is 31.2. The Bertz CT molecular complexity index is 936. The number of carbonyl (C=O) groups excluding carboxylic acids is 1. The molecule has 4 N–H and O–H groups in total. The van der Waals surface area contributed by atoms with Crippen molar-refractivity contribution in [3.05, 3.63) is 48.6 Å². The van der Waals surface area contributed by atoms with Crippen molar-refractivity contribution in [2.45, 2.75) is 193 Å². The van der Waals surface area contributed by atoms with E-state index in [0.717, 1.165) is 44.9 Å². The zero-order valence-corrected chi connectivity index (χ0v) is 34.2. The molecule has 0 radical (unpaired) electrons. The van der Waals surface area contributed by atoms with E-state index >= 15 is 0 Å². The minimum Gasteiger partial charge on any atom is -0.463 e. The summed E-state index contributed by atoms with van der Waals surface area (Å²) in [5, 5.41) is 9.77. The van der Waals surface area contributed by atoms with E-state index in [1.807, 2.05) is 0 Å². The number of ether oxygens (including phenoxy) is 1. The standard InChI is InChI=1S/C43H80NO7P/c1-2-3-4-5-6-7-8-9-10-11-12-13-14-15-16-17-18-19-20-21-22-23-24-25-26-27-28-29-30-31-32-33-34-35-36-37-43(46)49-40-42(45)41-51-52(47,48)50-39-38-44/h3-4,6-7,9-10,12-13,42,45H,2,5,8,11,14-41,44H2,1H3,(H,47,48)/b4-3-,7-6-,10-9-,13-12-. The largest absolute Gasteiger partial charge is 0.472 e. The van der Waals surface area contributed by atoms with Crippen LogP contribution in [0.1, 0.15) is 187 Å². The average Bonchev–Trinajstić information content (AvgIpc) is 3.14. The molecule has 0 saturated heterocycles. The van der Waals surface area contributed by atoms with Gasteiger partial charge in [0.05, 0.1) is 13.2 Å². The van der Waals surface area contributed by atoms with Crippen molar-refractivity contribution < 1.29 is 33.1 Å². The molecule has 9 heteroatoms. The minimum absolute atomic E-state index is 0.0747. The lowest BCUT2D eigenvalue weighted by atomic mass is 10.0. The van der Waals surface area contributed by atoms with E-state index in [9.17, 15) is 19.4 Å². The topological polar surface area (TPSA) is 128 Å². The number of carbonyl (C=O) groups is 1. The lowest BCUT2D eigenvalue weighted by Gasteiger charge is -2.15. The summed E-state index contributed by atoms with van der Waals surface area (Å²) in [6.45, 7) is 1.36. The van der Waals surface area contributed by atoms with Crippen molar-refractivity contribution in [3.8, 4) is 0 Å². The second-order valence-corrected chi connectivity index (χ2v) is 15.5. The molecule has 0 aliphatic rings. The molecular formula is C43H80NO7P. The average molecular weight is 754 g/mol. The molecule has 0 amide bonds. The Balaban J connectivity index is 3.30. The van der Waals surface area contributed by atoms with Crippen molar-refractivity contribution in [2.24, 2.45) is 5.73 Å². The fourth-order valence-electron chi connectivity index (χ4n) is 5.86. The van der Waals surface area contributed by atoms with Crippen molar-refractivity contribution in [2.75, 3.05) is 26.4 Å². The van der Waals surface area contributed by atoms with Gasteiger partial charge in [-0.1, -0.05) is 184 Å². The molecule has 8 nitrogen and oxygen atoms in total. The first-order valence-corrected chi connectivity index (χ1v) is 22.7. The zero-order valence-electron chi connectivity index (χ0n) is 33.3. The van der Waals surface area contributed by atoms with Crippen LogP contribution < -0.4 is 5.73 Å². The van der Waals surface area contributed by atoms with Gasteiger partial charge in [-0.05, 0) is 44.9 Å². The second kappa shape index (κ2) is 40.6. The summed E-state index contributed by atoms with van der Waals surface area (Å²) < 4.78 is 25.7. The van der Waals surface area contributed by atoms with Crippen LogP contribution in [-0.4, -0.2) is 48.4 Å². The van der Waals surface area contributed by atoms with Gasteiger partial charge >= 0.3 is 13.8 Å². The van der Waals surface area contributed by atoms with E-state index in [0.29, 0.717) is 6.42 Å². The van der Waals surface area contributed by atoms with Crippen LogP contribution in [0.15, 0.2) is 48.6 Å². The Morgan fingerprint density at radius 1 is 0.577 bits per heavy atom. The lowest BCUT2D eigenvalue weighted by Crippen LogP contribution is -2.23. The van der Waals surface area contributed by atoms with Gasteiger partial charge in [0.2, 0.25) is 0 Å². The van der Waals surface area contributed by atoms with Crippen molar-refractivity contribution in [3.63, 3.8) is 0 Å². The fraction of sp³-hybridized carbons (Fsp3) is 0.791. The highest BCUT2D eigenvalue weighted by Gasteiger charge is 2.22. The normalized spacial score (nSPS) is 14.0. The van der Waals surface area contributed by atoms with E-state index in [1.54, 1.807) is 0 Å². The maximum absolute atomic E-state index is 11.8. The Morgan fingerprint density at radius 2 is 0.962 bits per heavy atom. The van der Waals surface area contributed by atoms with E-state index in [1.165, 1.54) is 128 Å². The van der Waals surface area contributed by atoms with Crippen molar-refractivity contribution in [1.29, 1.82) is 0 Å². The van der Waals surface area contributed by atoms with Crippen LogP contribution in [0.4, 0.5) is 0 Å². The first-order chi connectivity index (χ1) is 25.4. The van der Waals surface area contributed by atoms with Gasteiger partial charge in [0.15, 0.2) is 0 Å². The number of hydrogen-bond donors (Lipinski definition) is 3. The van der Waals surface area contributed by atoms with Crippen LogP contribution in [0, 0.1) is 0 Å². The number of unbranched alkanes of at least 4 members (excludes halogenated alkanes) is 22. The molecule has 52 heavy (non-hydrogen) atoms. The van der Waals surface area contributed by atoms with Crippen LogP contribution in [0.5, 0.6) is 0 Å². The van der Waals surface area contributed by atoms with Gasteiger partial charge in [-0.2, -0.15) is 0 Å². The number of nitrogens with two attached hydrogens (primary N) is 1. The summed E-state index contributed by atoms with van der Waals surface area (Å²) in [4.78, 5) is 21.2. The molecule has 0 bridgehead atoms. The third-order valence-electron chi connectivity index (χ3n) is 8.96. The highest BCUT2D eigenvalue weighted by Crippen LogP contribution is 2.42. The molecule has 304 valence electrons. The monoisotopic (exact) mass is 754 g/mol. The van der Waals surface area contributed by atoms with Crippen LogP contribution in [0.3, 0.4) is 0 Å². The molecule has 0 aromatic carbocycles. The van der Waals surface area contributed by atoms with Crippen molar-refractivity contribution in [1.82, 2.24) is 0 Å². The van der Waals surface area contributed by atoms with Crippen LogP contribution in [-0.2, 0) is 23.1 Å². The molecule has 0 saturated carbocycles. The van der Waals surface area contributed by atoms with Gasteiger partial charge in [0.1, 0.15) is 12.7 Å². The Labute approximate surface area is 319 Å². The highest BCUT2D eigenvalue weighted by molar-refractivity contribution is 7.47. The smallest absolute Gasteiger partial charge is 0.463 e. The van der Waals surface area contributed by atoms with E-state index in [4.69, 9.17) is 10.5 Å². The molecule has 0 aromatic rings. The number of aliphatic hydroxyl groups excluding tert-OH is 1. The van der Waals surface area contributed by atoms with E-state index in [2.05, 4.69) is 64.6 Å². The molecule has 0 aromatic heterocycles.